The minimum atomic E-state index is -1.41. The molecule has 6 nitrogen and oxygen atoms in total. The minimum absolute atomic E-state index is 0.0623. The molecule has 29 heavy (non-hydrogen) atoms. The number of nitrogens with zero attached hydrogens (tertiary/aromatic N) is 3. The molecule has 2 fully saturated rings. The van der Waals surface area contributed by atoms with E-state index in [0.29, 0.717) is 18.1 Å². The van der Waals surface area contributed by atoms with E-state index in [1.54, 1.807) is 45.3 Å². The zero-order chi connectivity index (χ0) is 20.9. The molecule has 2 N–H and O–H groups in total. The van der Waals surface area contributed by atoms with E-state index in [1.165, 1.54) is 5.56 Å². The molecule has 1 aromatic heterocycles. The number of benzene rings is 1. The summed E-state index contributed by atoms with van der Waals surface area (Å²) in [6, 6.07) is 12.1. The number of alkyl halides is 2. The molecule has 1 atom stereocenters. The first-order chi connectivity index (χ1) is 13.7. The maximum absolute atomic E-state index is 14.4. The second kappa shape index (κ2) is 7.74. The maximum atomic E-state index is 14.4. The Balaban J connectivity index is 1.54. The van der Waals surface area contributed by atoms with Crippen LogP contribution in [-0.4, -0.2) is 60.7 Å². The molecule has 9 heteroatoms. The van der Waals surface area contributed by atoms with Crippen LogP contribution >= 0.6 is 22.6 Å². The Hall–Kier alpha value is -0.758. The van der Waals surface area contributed by atoms with Crippen LogP contribution in [0.15, 0.2) is 36.4 Å². The van der Waals surface area contributed by atoms with Crippen LogP contribution in [0.5, 0.6) is 0 Å². The van der Waals surface area contributed by atoms with E-state index in [4.69, 9.17) is 0 Å². The molecule has 1 aliphatic heterocycles. The topological polar surface area (TPSA) is 62.2 Å². The molecule has 1 unspecified atom stereocenters. The molecule has 1 aromatic carbocycles. The number of hydrogen-bond acceptors (Lipinski definition) is 3. The molecular formula is C20H24FIN5OTl. The van der Waals surface area contributed by atoms with Crippen LogP contribution in [0.1, 0.15) is 36.9 Å². The number of urea groups is 1. The van der Waals surface area contributed by atoms with Gasteiger partial charge in [0.25, 0.3) is 0 Å². The Labute approximate surface area is 199 Å². The van der Waals surface area contributed by atoms with Gasteiger partial charge in [-0.3, -0.25) is 0 Å². The number of halogens is 2. The molecule has 1 saturated heterocycles. The summed E-state index contributed by atoms with van der Waals surface area (Å²) in [5.41, 5.74) is 1.38. The third kappa shape index (κ3) is 3.96. The summed E-state index contributed by atoms with van der Waals surface area (Å²) < 4.78 is 14.6. The molecule has 1 aliphatic carbocycles. The van der Waals surface area contributed by atoms with Gasteiger partial charge in [0.1, 0.15) is 0 Å². The van der Waals surface area contributed by atoms with Crippen LogP contribution in [0.3, 0.4) is 0 Å². The van der Waals surface area contributed by atoms with Crippen LogP contribution in [0.4, 0.5) is 15.0 Å². The number of carbonyl (C=O) groups is 1. The van der Waals surface area contributed by atoms with Crippen LogP contribution in [-0.2, 0) is 13.8 Å². The van der Waals surface area contributed by atoms with Gasteiger partial charge in [0.15, 0.2) is 0 Å². The molecule has 2 aliphatic rings. The van der Waals surface area contributed by atoms with Crippen molar-refractivity contribution in [1.82, 2.24) is 20.4 Å². The van der Waals surface area contributed by atoms with E-state index in [1.807, 2.05) is 13.1 Å². The summed E-state index contributed by atoms with van der Waals surface area (Å²) in [4.78, 5) is 14.6. The predicted molar refractivity (Wildman–Crippen MR) is 120 cm³/mol. The van der Waals surface area contributed by atoms with E-state index < -0.39 is 1.23 Å². The van der Waals surface area contributed by atoms with Gasteiger partial charge < -0.3 is 0 Å². The molecule has 2 amide bonds. The van der Waals surface area contributed by atoms with E-state index in [-0.39, 0.29) is 42.9 Å². The number of aromatic nitrogens is 2. The van der Waals surface area contributed by atoms with Crippen molar-refractivity contribution >= 4 is 60.2 Å². The summed E-state index contributed by atoms with van der Waals surface area (Å²) >= 11 is 1.91. The fourth-order valence-electron chi connectivity index (χ4n) is 4.64. The standard InChI is InChI=1S/C20H24FIN5O.Tl/c1-23-20(14-6-4-3-5-7-14)10-8-19(9-11-20)13-27(18(28)24-19)16-12-15(17(21)22)25-26(16)2;/h3-7,12,23H,8-11,13H2,1-2H3,(H,24,28);. The SMILES string of the molecule is CNC1(c2ccccc2)CCC2(CC1)CN(c1cc([C](F)(I)[Tl])nn1C)C(=O)N2. The van der Waals surface area contributed by atoms with E-state index in [9.17, 15) is 9.18 Å². The summed E-state index contributed by atoms with van der Waals surface area (Å²) in [5.74, 6) is 0.655. The van der Waals surface area contributed by atoms with Gasteiger partial charge in [0, 0.05) is 0 Å². The Morgan fingerprint density at radius 3 is 2.48 bits per heavy atom. The van der Waals surface area contributed by atoms with E-state index in [0.717, 1.165) is 25.7 Å². The molecule has 2 heterocycles. The van der Waals surface area contributed by atoms with Gasteiger partial charge in [0.05, 0.1) is 0 Å². The Morgan fingerprint density at radius 2 is 1.93 bits per heavy atom. The summed E-state index contributed by atoms with van der Waals surface area (Å²) in [5, 5.41) is 11.1. The molecule has 0 radical (unpaired) electrons. The Bertz CT molecular complexity index is 905. The first kappa shape index (κ1) is 21.5. The Morgan fingerprint density at radius 1 is 1.28 bits per heavy atom. The summed E-state index contributed by atoms with van der Waals surface area (Å²) in [6.45, 7) is 0.587. The monoisotopic (exact) mass is 701 g/mol. The molecule has 2 aromatic rings. The fourth-order valence-corrected chi connectivity index (χ4v) is 5.46. The van der Waals surface area contributed by atoms with Crippen molar-refractivity contribution in [2.45, 2.75) is 38.0 Å². The van der Waals surface area contributed by atoms with Crippen molar-refractivity contribution in [3.8, 4) is 0 Å². The number of aryl methyl sites for hydroxylation is 1. The van der Waals surface area contributed by atoms with Crippen LogP contribution < -0.4 is 15.5 Å². The number of rotatable bonds is 4. The first-order valence-electron chi connectivity index (χ1n) is 9.73. The second-order valence-electron chi connectivity index (χ2n) is 8.13. The van der Waals surface area contributed by atoms with E-state index >= 15 is 0 Å². The molecule has 0 bridgehead atoms. The van der Waals surface area contributed by atoms with E-state index in [2.05, 4.69) is 40.0 Å². The molecule has 152 valence electrons. The van der Waals surface area contributed by atoms with Gasteiger partial charge >= 0.3 is 183 Å². The van der Waals surface area contributed by atoms with Crippen molar-refractivity contribution < 1.29 is 9.18 Å². The third-order valence-corrected chi connectivity index (χ3v) is 8.12. The van der Waals surface area contributed by atoms with Gasteiger partial charge in [-0.1, -0.05) is 18.2 Å². The zero-order valence-corrected chi connectivity index (χ0v) is 23.2. The van der Waals surface area contributed by atoms with Crippen molar-refractivity contribution in [3.63, 3.8) is 0 Å². The van der Waals surface area contributed by atoms with Gasteiger partial charge in [-0.05, 0) is 0 Å². The summed E-state index contributed by atoms with van der Waals surface area (Å²) in [6.07, 6.45) is 3.66. The molecule has 1 spiro atoms. The number of carbonyl (C=O) groups excluding carboxylic acids is 1. The van der Waals surface area contributed by atoms with Crippen LogP contribution in [0.25, 0.3) is 0 Å². The third-order valence-electron chi connectivity index (χ3n) is 6.42. The summed E-state index contributed by atoms with van der Waals surface area (Å²) in [7, 11) is 3.79. The van der Waals surface area contributed by atoms with Crippen molar-refractivity contribution in [1.29, 1.82) is 0 Å². The quantitative estimate of drug-likeness (QED) is 0.293. The fraction of sp³-hybridized carbons (Fsp3) is 0.500. The molecule has 4 rings (SSSR count). The normalized spacial score (nSPS) is 29.1. The first-order valence-corrected chi connectivity index (χ1v) is 13.1. The van der Waals surface area contributed by atoms with Gasteiger partial charge in [0.2, 0.25) is 0 Å². The van der Waals surface area contributed by atoms with Gasteiger partial charge in [-0.2, -0.15) is 0 Å². The van der Waals surface area contributed by atoms with Crippen LogP contribution in [0.2, 0.25) is 0 Å². The molecular weight excluding hydrogens is 677 g/mol. The predicted octanol–water partition coefficient (Wildman–Crippen LogP) is 3.06. The number of hydrogen-bond donors (Lipinski definition) is 2. The van der Waals surface area contributed by atoms with Crippen molar-refractivity contribution in [3.05, 3.63) is 47.7 Å². The number of nitrogens with one attached hydrogen (secondary N) is 2. The average Bonchev–Trinajstić information content (AvgIpc) is 3.23. The Kier molecular flexibility index (Phi) is 5.73. The van der Waals surface area contributed by atoms with Crippen molar-refractivity contribution in [2.75, 3.05) is 18.5 Å². The van der Waals surface area contributed by atoms with Gasteiger partial charge in [-0.25, -0.2) is 0 Å². The second-order valence-corrected chi connectivity index (χ2v) is 17.4. The van der Waals surface area contributed by atoms with Crippen molar-refractivity contribution in [2.24, 2.45) is 7.05 Å². The number of anilines is 1. The number of amides is 2. The zero-order valence-electron chi connectivity index (χ0n) is 16.6. The van der Waals surface area contributed by atoms with Crippen LogP contribution in [0, 0.1) is 0 Å². The average molecular weight is 701 g/mol. The molecule has 1 saturated carbocycles. The van der Waals surface area contributed by atoms with Gasteiger partial charge in [-0.15, -0.1) is 0 Å².